The summed E-state index contributed by atoms with van der Waals surface area (Å²) in [5, 5.41) is 0. The van der Waals surface area contributed by atoms with Crippen molar-refractivity contribution < 1.29 is 0 Å². The molecule has 1 aromatic carbocycles. The summed E-state index contributed by atoms with van der Waals surface area (Å²) in [6.45, 7) is 8.36. The Hall–Kier alpha value is -1.22. The molecular formula is C14H22. The molecule has 0 aliphatic rings. The van der Waals surface area contributed by atoms with Gasteiger partial charge in [0, 0.05) is 0 Å². The first-order chi connectivity index (χ1) is 6.86. The maximum absolute atomic E-state index is 4.00. The Balaban J connectivity index is 0. The van der Waals surface area contributed by atoms with Gasteiger partial charge in [0.15, 0.2) is 0 Å². The Morgan fingerprint density at radius 2 is 1.00 bits per heavy atom. The third-order valence-corrected chi connectivity index (χ3v) is 1.84. The summed E-state index contributed by atoms with van der Waals surface area (Å²) in [7, 11) is 0. The zero-order valence-corrected chi connectivity index (χ0v) is 9.88. The molecule has 0 radical (unpaired) electrons. The van der Waals surface area contributed by atoms with E-state index in [9.17, 15) is 0 Å². The van der Waals surface area contributed by atoms with Gasteiger partial charge < -0.3 is 0 Å². The molecule has 0 unspecified atom stereocenters. The highest BCUT2D eigenvalue weighted by Crippen LogP contribution is 2.04. The van der Waals surface area contributed by atoms with E-state index in [0.717, 1.165) is 12.8 Å². The first-order valence-electron chi connectivity index (χ1n) is 5.28. The lowest BCUT2D eigenvalue weighted by molar-refractivity contribution is 1.10. The second-order valence-corrected chi connectivity index (χ2v) is 2.52. The van der Waals surface area contributed by atoms with Crippen molar-refractivity contribution in [3.05, 3.63) is 35.4 Å². The van der Waals surface area contributed by atoms with Crippen LogP contribution in [0.1, 0.15) is 38.8 Å². The van der Waals surface area contributed by atoms with Gasteiger partial charge in [-0.3, -0.25) is 0 Å². The van der Waals surface area contributed by atoms with Gasteiger partial charge in [-0.05, 0) is 24.0 Å². The number of rotatable bonds is 2. The summed E-state index contributed by atoms with van der Waals surface area (Å²) in [6.07, 6.45) is 10.3. The van der Waals surface area contributed by atoms with Crippen molar-refractivity contribution in [1.82, 2.24) is 0 Å². The molecule has 0 fully saturated rings. The van der Waals surface area contributed by atoms with E-state index in [1.54, 1.807) is 0 Å². The van der Waals surface area contributed by atoms with Gasteiger partial charge in [-0.2, -0.15) is 0 Å². The summed E-state index contributed by atoms with van der Waals surface area (Å²) in [5.74, 6) is 0. The lowest BCUT2D eigenvalue weighted by Crippen LogP contribution is -1.81. The SMILES string of the molecule is C#C.CC.CCc1ccc(CC)cc1. The molecule has 0 saturated heterocycles. The summed E-state index contributed by atoms with van der Waals surface area (Å²) in [6, 6.07) is 8.83. The molecule has 0 amide bonds. The van der Waals surface area contributed by atoms with Crippen molar-refractivity contribution in [3.63, 3.8) is 0 Å². The molecule has 1 rings (SSSR count). The molecule has 14 heavy (non-hydrogen) atoms. The number of hydrogen-bond acceptors (Lipinski definition) is 0. The minimum Gasteiger partial charge on any atom is -0.124 e. The first kappa shape index (κ1) is 15.3. The highest BCUT2D eigenvalue weighted by Gasteiger charge is 1.88. The van der Waals surface area contributed by atoms with Gasteiger partial charge in [0.05, 0.1) is 0 Å². The third-order valence-electron chi connectivity index (χ3n) is 1.84. The van der Waals surface area contributed by atoms with Gasteiger partial charge in [0.1, 0.15) is 0 Å². The molecule has 0 N–H and O–H groups in total. The van der Waals surface area contributed by atoms with E-state index in [0.29, 0.717) is 0 Å². The minimum atomic E-state index is 1.14. The highest BCUT2D eigenvalue weighted by molar-refractivity contribution is 5.22. The molecule has 0 spiro atoms. The van der Waals surface area contributed by atoms with Crippen molar-refractivity contribution >= 4 is 0 Å². The van der Waals surface area contributed by atoms with Crippen LogP contribution < -0.4 is 0 Å². The quantitative estimate of drug-likeness (QED) is 0.616. The summed E-state index contributed by atoms with van der Waals surface area (Å²) in [5.41, 5.74) is 2.86. The fourth-order valence-corrected chi connectivity index (χ4v) is 1.01. The normalized spacial score (nSPS) is 7.57. The van der Waals surface area contributed by atoms with Crippen LogP contribution in [0.3, 0.4) is 0 Å². The topological polar surface area (TPSA) is 0 Å². The second-order valence-electron chi connectivity index (χ2n) is 2.52. The predicted octanol–water partition coefficient (Wildman–Crippen LogP) is 4.09. The Morgan fingerprint density at radius 1 is 0.786 bits per heavy atom. The molecule has 1 aromatic rings. The van der Waals surface area contributed by atoms with Crippen molar-refractivity contribution in [1.29, 1.82) is 0 Å². The zero-order valence-electron chi connectivity index (χ0n) is 9.88. The van der Waals surface area contributed by atoms with Crippen LogP contribution in [0, 0.1) is 12.8 Å². The van der Waals surface area contributed by atoms with Crippen LogP contribution in [0.15, 0.2) is 24.3 Å². The van der Waals surface area contributed by atoms with Gasteiger partial charge in [-0.15, -0.1) is 12.8 Å². The molecule has 0 nitrogen and oxygen atoms in total. The molecule has 0 atom stereocenters. The number of hydrogen-bond donors (Lipinski definition) is 0. The van der Waals surface area contributed by atoms with E-state index >= 15 is 0 Å². The zero-order chi connectivity index (χ0) is 11.4. The van der Waals surface area contributed by atoms with E-state index < -0.39 is 0 Å². The summed E-state index contributed by atoms with van der Waals surface area (Å²) < 4.78 is 0. The van der Waals surface area contributed by atoms with Crippen LogP contribution in [0.25, 0.3) is 0 Å². The highest BCUT2D eigenvalue weighted by atomic mass is 13.9. The van der Waals surface area contributed by atoms with E-state index in [1.807, 2.05) is 13.8 Å². The molecule has 0 aliphatic heterocycles. The Morgan fingerprint density at radius 3 is 1.14 bits per heavy atom. The molecule has 0 heterocycles. The molecule has 0 heteroatoms. The van der Waals surface area contributed by atoms with Crippen LogP contribution in [0.5, 0.6) is 0 Å². The monoisotopic (exact) mass is 190 g/mol. The fourth-order valence-electron chi connectivity index (χ4n) is 1.01. The standard InChI is InChI=1S/C10H14.C2H6.C2H2/c1-3-9-5-7-10(4-2)8-6-9;2*1-2/h5-8H,3-4H2,1-2H3;1-2H3;1-2H. The van der Waals surface area contributed by atoms with Crippen LogP contribution >= 0.6 is 0 Å². The van der Waals surface area contributed by atoms with E-state index in [4.69, 9.17) is 0 Å². The molecule has 0 bridgehead atoms. The minimum absolute atomic E-state index is 1.14. The lowest BCUT2D eigenvalue weighted by atomic mass is 10.1. The number of benzene rings is 1. The van der Waals surface area contributed by atoms with Gasteiger partial charge >= 0.3 is 0 Å². The Labute approximate surface area is 89.4 Å². The van der Waals surface area contributed by atoms with E-state index in [-0.39, 0.29) is 0 Å². The average Bonchev–Trinajstić information content (AvgIpc) is 2.34. The van der Waals surface area contributed by atoms with Crippen LogP contribution in [-0.2, 0) is 12.8 Å². The fraction of sp³-hybridized carbons (Fsp3) is 0.429. The molecule has 78 valence electrons. The number of terminal acetylenes is 1. The first-order valence-corrected chi connectivity index (χ1v) is 5.28. The molecule has 0 saturated carbocycles. The van der Waals surface area contributed by atoms with Crippen LogP contribution in [0.2, 0.25) is 0 Å². The van der Waals surface area contributed by atoms with Crippen molar-refractivity contribution in [2.45, 2.75) is 40.5 Å². The largest absolute Gasteiger partial charge is 0.124 e. The van der Waals surface area contributed by atoms with Crippen molar-refractivity contribution in [2.75, 3.05) is 0 Å². The predicted molar refractivity (Wildman–Crippen MR) is 66.4 cm³/mol. The number of aryl methyl sites for hydroxylation is 2. The molecule has 0 aromatic heterocycles. The van der Waals surface area contributed by atoms with Crippen LogP contribution in [-0.4, -0.2) is 0 Å². The third kappa shape index (κ3) is 6.31. The van der Waals surface area contributed by atoms with E-state index in [2.05, 4.69) is 51.0 Å². The van der Waals surface area contributed by atoms with Crippen LogP contribution in [0.4, 0.5) is 0 Å². The Kier molecular flexibility index (Phi) is 12.8. The van der Waals surface area contributed by atoms with Gasteiger partial charge in [0.25, 0.3) is 0 Å². The second kappa shape index (κ2) is 11.8. The maximum Gasteiger partial charge on any atom is -0.0307 e. The summed E-state index contributed by atoms with van der Waals surface area (Å²) in [4.78, 5) is 0. The van der Waals surface area contributed by atoms with Crippen molar-refractivity contribution in [2.24, 2.45) is 0 Å². The maximum atomic E-state index is 4.00. The molecule has 0 aliphatic carbocycles. The Bertz CT molecular complexity index is 193. The van der Waals surface area contributed by atoms with E-state index in [1.165, 1.54) is 11.1 Å². The van der Waals surface area contributed by atoms with Gasteiger partial charge in [-0.1, -0.05) is 52.0 Å². The van der Waals surface area contributed by atoms with Gasteiger partial charge in [0.2, 0.25) is 0 Å². The summed E-state index contributed by atoms with van der Waals surface area (Å²) >= 11 is 0. The lowest BCUT2D eigenvalue weighted by Gasteiger charge is -1.97. The van der Waals surface area contributed by atoms with Gasteiger partial charge in [-0.25, -0.2) is 0 Å². The van der Waals surface area contributed by atoms with Crippen molar-refractivity contribution in [3.8, 4) is 12.8 Å². The average molecular weight is 190 g/mol. The smallest absolute Gasteiger partial charge is 0.0307 e. The molecular weight excluding hydrogens is 168 g/mol.